The molecule has 0 heterocycles. The lowest BCUT2D eigenvalue weighted by Gasteiger charge is -2.03. The fourth-order valence-corrected chi connectivity index (χ4v) is 1.41. The molecule has 96 valence electrons. The van der Waals surface area contributed by atoms with Crippen LogP contribution in [0.25, 0.3) is 0 Å². The monoisotopic (exact) mass is 236 g/mol. The maximum atomic E-state index is 11.7. The zero-order valence-corrected chi connectivity index (χ0v) is 10.0. The molecule has 0 saturated carbocycles. The van der Waals surface area contributed by atoms with E-state index in [9.17, 15) is 13.6 Å². The number of carbonyl (C=O) groups excluding carboxylic acids is 1. The lowest BCUT2D eigenvalue weighted by atomic mass is 10.1. The minimum Gasteiger partial charge on any atom is -0.375 e. The van der Waals surface area contributed by atoms with Crippen LogP contribution in [0.1, 0.15) is 51.9 Å². The van der Waals surface area contributed by atoms with Gasteiger partial charge in [0.2, 0.25) is 0 Å². The van der Waals surface area contributed by atoms with Crippen LogP contribution in [0.3, 0.4) is 0 Å². The summed E-state index contributed by atoms with van der Waals surface area (Å²) in [5, 5.41) is 0. The number of alkyl halides is 2. The van der Waals surface area contributed by atoms with Gasteiger partial charge in [0.1, 0.15) is 12.4 Å². The highest BCUT2D eigenvalue weighted by Gasteiger charge is 2.04. The minimum atomic E-state index is -2.44. The summed E-state index contributed by atoms with van der Waals surface area (Å²) in [6.07, 6.45) is 3.95. The molecule has 4 heteroatoms. The third-order valence-corrected chi connectivity index (χ3v) is 2.33. The first kappa shape index (κ1) is 15.5. The predicted molar refractivity (Wildman–Crippen MR) is 59.8 cm³/mol. The fraction of sp³-hybridized carbons (Fsp3) is 0.917. The fourth-order valence-electron chi connectivity index (χ4n) is 1.41. The van der Waals surface area contributed by atoms with Crippen LogP contribution in [0.5, 0.6) is 0 Å². The summed E-state index contributed by atoms with van der Waals surface area (Å²) in [6, 6.07) is 0. The number of hydrogen-bond acceptors (Lipinski definition) is 2. The summed E-state index contributed by atoms with van der Waals surface area (Å²) < 4.78 is 28.0. The van der Waals surface area contributed by atoms with Gasteiger partial charge in [0.25, 0.3) is 6.43 Å². The molecule has 0 rings (SSSR count). The molecule has 2 nitrogen and oxygen atoms in total. The molecule has 0 aromatic carbocycles. The van der Waals surface area contributed by atoms with Gasteiger partial charge in [0.05, 0.1) is 6.61 Å². The van der Waals surface area contributed by atoms with Crippen molar-refractivity contribution in [3.05, 3.63) is 0 Å². The van der Waals surface area contributed by atoms with Gasteiger partial charge in [-0.2, -0.15) is 0 Å². The molecule has 0 aliphatic carbocycles. The molecular weight excluding hydrogens is 214 g/mol. The van der Waals surface area contributed by atoms with Crippen LogP contribution < -0.4 is 0 Å². The molecule has 0 bridgehead atoms. The van der Waals surface area contributed by atoms with Gasteiger partial charge in [0, 0.05) is 12.8 Å². The Kier molecular flexibility index (Phi) is 10.6. The smallest absolute Gasteiger partial charge is 0.261 e. The minimum absolute atomic E-state index is 0.116. The number of ether oxygens (including phenoxy) is 1. The average molecular weight is 236 g/mol. The highest BCUT2D eigenvalue weighted by molar-refractivity contribution is 5.78. The van der Waals surface area contributed by atoms with Crippen molar-refractivity contribution in [3.8, 4) is 0 Å². The van der Waals surface area contributed by atoms with Crippen molar-refractivity contribution in [1.29, 1.82) is 0 Å². The van der Waals surface area contributed by atoms with E-state index < -0.39 is 13.0 Å². The molecule has 0 aliphatic heterocycles. The average Bonchev–Trinajstić information content (AvgIpc) is 2.24. The first-order valence-corrected chi connectivity index (χ1v) is 6.04. The summed E-state index contributed by atoms with van der Waals surface area (Å²) in [6.45, 7) is 1.70. The molecular formula is C12H22F2O2. The van der Waals surface area contributed by atoms with Gasteiger partial charge in [-0.05, 0) is 6.42 Å². The van der Waals surface area contributed by atoms with E-state index in [-0.39, 0.29) is 18.8 Å². The van der Waals surface area contributed by atoms with Crippen molar-refractivity contribution in [2.24, 2.45) is 0 Å². The van der Waals surface area contributed by atoms with E-state index in [0.717, 1.165) is 12.8 Å². The quantitative estimate of drug-likeness (QED) is 0.512. The molecule has 0 amide bonds. The second-order valence-corrected chi connectivity index (χ2v) is 3.92. The number of carbonyl (C=O) groups is 1. The largest absolute Gasteiger partial charge is 0.375 e. The molecule has 0 spiro atoms. The van der Waals surface area contributed by atoms with Gasteiger partial charge in [-0.25, -0.2) is 8.78 Å². The molecule has 0 aliphatic rings. The molecule has 0 saturated heterocycles. The van der Waals surface area contributed by atoms with Gasteiger partial charge in [-0.3, -0.25) is 4.79 Å². The maximum absolute atomic E-state index is 11.7. The molecule has 0 aromatic heterocycles. The Bertz CT molecular complexity index is 172. The van der Waals surface area contributed by atoms with E-state index in [1.165, 1.54) is 19.3 Å². The predicted octanol–water partition coefficient (Wildman–Crippen LogP) is 3.59. The standard InChI is InChI=1S/C12H22F2O2/c1-2-3-4-5-6-7-11(15)8-9-16-10-12(13)14/h12H,2-10H2,1H3. The summed E-state index contributed by atoms with van der Waals surface area (Å²) in [5.41, 5.74) is 0. The van der Waals surface area contributed by atoms with E-state index in [1.807, 2.05) is 0 Å². The van der Waals surface area contributed by atoms with Crippen LogP contribution in [0, 0.1) is 0 Å². The Morgan fingerprint density at radius 1 is 1.12 bits per heavy atom. The van der Waals surface area contributed by atoms with Crippen molar-refractivity contribution >= 4 is 5.78 Å². The number of unbranched alkanes of at least 4 members (excludes halogenated alkanes) is 4. The number of Topliss-reactive ketones (excluding diaryl/α,β-unsaturated/α-hetero) is 1. The molecule has 16 heavy (non-hydrogen) atoms. The van der Waals surface area contributed by atoms with E-state index in [0.29, 0.717) is 6.42 Å². The zero-order chi connectivity index (χ0) is 12.2. The lowest BCUT2D eigenvalue weighted by Crippen LogP contribution is -2.09. The zero-order valence-electron chi connectivity index (χ0n) is 10.0. The maximum Gasteiger partial charge on any atom is 0.261 e. The van der Waals surface area contributed by atoms with Crippen molar-refractivity contribution in [2.45, 2.75) is 58.3 Å². The van der Waals surface area contributed by atoms with E-state index in [2.05, 4.69) is 11.7 Å². The summed E-state index contributed by atoms with van der Waals surface area (Å²) >= 11 is 0. The Labute approximate surface area is 96.4 Å². The molecule has 0 aromatic rings. The Morgan fingerprint density at radius 2 is 1.81 bits per heavy atom. The molecule has 0 unspecified atom stereocenters. The summed E-state index contributed by atoms with van der Waals surface area (Å²) in [5.74, 6) is 0.116. The molecule has 0 N–H and O–H groups in total. The van der Waals surface area contributed by atoms with Crippen LogP contribution >= 0.6 is 0 Å². The number of halogens is 2. The van der Waals surface area contributed by atoms with Crippen LogP contribution in [-0.4, -0.2) is 25.4 Å². The van der Waals surface area contributed by atoms with E-state index in [4.69, 9.17) is 0 Å². The topological polar surface area (TPSA) is 26.3 Å². The Morgan fingerprint density at radius 3 is 2.44 bits per heavy atom. The number of rotatable bonds is 11. The van der Waals surface area contributed by atoms with Crippen molar-refractivity contribution in [2.75, 3.05) is 13.2 Å². The van der Waals surface area contributed by atoms with E-state index in [1.54, 1.807) is 0 Å². The summed E-state index contributed by atoms with van der Waals surface area (Å²) in [7, 11) is 0. The first-order chi connectivity index (χ1) is 7.66. The SMILES string of the molecule is CCCCCCCC(=O)CCOCC(F)F. The first-order valence-electron chi connectivity index (χ1n) is 6.04. The van der Waals surface area contributed by atoms with Gasteiger partial charge in [0.15, 0.2) is 0 Å². The molecule has 0 radical (unpaired) electrons. The third-order valence-electron chi connectivity index (χ3n) is 2.33. The second kappa shape index (κ2) is 11.0. The van der Waals surface area contributed by atoms with E-state index >= 15 is 0 Å². The third kappa shape index (κ3) is 11.6. The Balaban J connectivity index is 3.18. The highest BCUT2D eigenvalue weighted by atomic mass is 19.3. The number of hydrogen-bond donors (Lipinski definition) is 0. The van der Waals surface area contributed by atoms with Gasteiger partial charge in [-0.15, -0.1) is 0 Å². The Hall–Kier alpha value is -0.510. The van der Waals surface area contributed by atoms with Crippen molar-refractivity contribution in [1.82, 2.24) is 0 Å². The van der Waals surface area contributed by atoms with Crippen LogP contribution in [0.15, 0.2) is 0 Å². The number of ketones is 1. The highest BCUT2D eigenvalue weighted by Crippen LogP contribution is 2.06. The molecule has 0 atom stereocenters. The second-order valence-electron chi connectivity index (χ2n) is 3.92. The molecule has 0 fully saturated rings. The van der Waals surface area contributed by atoms with Crippen LogP contribution in [0.2, 0.25) is 0 Å². The van der Waals surface area contributed by atoms with Crippen LogP contribution in [0.4, 0.5) is 8.78 Å². The van der Waals surface area contributed by atoms with Gasteiger partial charge >= 0.3 is 0 Å². The van der Waals surface area contributed by atoms with Crippen molar-refractivity contribution < 1.29 is 18.3 Å². The normalized spacial score (nSPS) is 11.0. The lowest BCUT2D eigenvalue weighted by molar-refractivity contribution is -0.120. The summed E-state index contributed by atoms with van der Waals surface area (Å²) in [4.78, 5) is 11.3. The van der Waals surface area contributed by atoms with Crippen LogP contribution in [-0.2, 0) is 9.53 Å². The van der Waals surface area contributed by atoms with Crippen molar-refractivity contribution in [3.63, 3.8) is 0 Å². The van der Waals surface area contributed by atoms with Gasteiger partial charge < -0.3 is 4.74 Å². The van der Waals surface area contributed by atoms with Gasteiger partial charge in [-0.1, -0.05) is 32.6 Å².